The van der Waals surface area contributed by atoms with E-state index in [1.54, 1.807) is 35.4 Å². The standard InChI is InChI=1S/C24H32N4O5.C8H11NO/c1-5-8-18-21-22(27(4)26-18)23(29)28(20(6-2)25-21)13-14-33-17-11-9-16(10-12-17)15-19(24(30)31)32-7-3;9-8(6-10)7-4-2-1-3-5-7/h9-12,19H,5-8,13-15H2,1-4H3,(H,30,31);1-5,8,10H,6,9H2/t19-;/m1./s1. The number of aromatic nitrogens is 4. The fraction of sp³-hybridized carbons (Fsp3) is 0.438. The first-order chi connectivity index (χ1) is 20.7. The maximum absolute atomic E-state index is 13.2. The van der Waals surface area contributed by atoms with Crippen molar-refractivity contribution in [3.8, 4) is 5.75 Å². The Bertz CT molecular complexity index is 1500. The first-order valence-electron chi connectivity index (χ1n) is 14.7. The molecule has 4 rings (SSSR count). The number of nitrogens with zero attached hydrogens (tertiary/aromatic N) is 4. The molecule has 11 nitrogen and oxygen atoms in total. The number of fused-ring (bicyclic) bond motifs is 1. The molecule has 0 aliphatic heterocycles. The molecule has 4 aromatic rings. The van der Waals surface area contributed by atoms with Crippen LogP contribution in [0.4, 0.5) is 0 Å². The van der Waals surface area contributed by atoms with E-state index >= 15 is 0 Å². The molecule has 4 N–H and O–H groups in total. The minimum absolute atomic E-state index is 0.00398. The number of aliphatic carboxylic acids is 1. The van der Waals surface area contributed by atoms with Crippen LogP contribution < -0.4 is 16.0 Å². The lowest BCUT2D eigenvalue weighted by molar-refractivity contribution is -0.149. The Morgan fingerprint density at radius 1 is 1.07 bits per heavy atom. The smallest absolute Gasteiger partial charge is 0.333 e. The van der Waals surface area contributed by atoms with Gasteiger partial charge in [-0.3, -0.25) is 14.0 Å². The zero-order valence-corrected chi connectivity index (χ0v) is 25.4. The Morgan fingerprint density at radius 3 is 2.35 bits per heavy atom. The topological polar surface area (TPSA) is 155 Å². The van der Waals surface area contributed by atoms with Crippen LogP contribution in [-0.2, 0) is 42.4 Å². The highest BCUT2D eigenvalue weighted by Crippen LogP contribution is 2.17. The lowest BCUT2D eigenvalue weighted by Gasteiger charge is -2.14. The van der Waals surface area contributed by atoms with Gasteiger partial charge in [-0.05, 0) is 36.6 Å². The number of hydrogen-bond donors (Lipinski definition) is 3. The van der Waals surface area contributed by atoms with Gasteiger partial charge >= 0.3 is 5.97 Å². The van der Waals surface area contributed by atoms with Gasteiger partial charge in [-0.15, -0.1) is 0 Å². The molecule has 0 amide bonds. The summed E-state index contributed by atoms with van der Waals surface area (Å²) in [6, 6.07) is 16.6. The molecule has 232 valence electrons. The van der Waals surface area contributed by atoms with Crippen LogP contribution in [0.15, 0.2) is 59.4 Å². The van der Waals surface area contributed by atoms with Crippen molar-refractivity contribution < 1.29 is 24.5 Å². The first-order valence-corrected chi connectivity index (χ1v) is 14.7. The highest BCUT2D eigenvalue weighted by molar-refractivity contribution is 5.76. The molecule has 0 aliphatic rings. The highest BCUT2D eigenvalue weighted by atomic mass is 16.5. The van der Waals surface area contributed by atoms with E-state index in [4.69, 9.17) is 25.3 Å². The van der Waals surface area contributed by atoms with E-state index in [-0.39, 0.29) is 24.6 Å². The fourth-order valence-corrected chi connectivity index (χ4v) is 4.68. The van der Waals surface area contributed by atoms with E-state index in [1.807, 2.05) is 49.4 Å². The maximum atomic E-state index is 13.2. The number of hydrogen-bond acceptors (Lipinski definition) is 8. The summed E-state index contributed by atoms with van der Waals surface area (Å²) in [5.74, 6) is 0.385. The van der Waals surface area contributed by atoms with Crippen LogP contribution in [0.3, 0.4) is 0 Å². The second-order valence-electron chi connectivity index (χ2n) is 10.0. The van der Waals surface area contributed by atoms with Crippen LogP contribution >= 0.6 is 0 Å². The van der Waals surface area contributed by atoms with Gasteiger partial charge in [0.15, 0.2) is 11.6 Å². The number of aliphatic hydroxyl groups is 1. The van der Waals surface area contributed by atoms with Crippen LogP contribution in [0.5, 0.6) is 5.75 Å². The second-order valence-corrected chi connectivity index (χ2v) is 10.0. The number of rotatable bonds is 14. The molecule has 1 unspecified atom stereocenters. The van der Waals surface area contributed by atoms with Gasteiger partial charge in [0, 0.05) is 26.5 Å². The molecule has 11 heteroatoms. The van der Waals surface area contributed by atoms with Gasteiger partial charge in [-0.25, -0.2) is 9.78 Å². The van der Waals surface area contributed by atoms with E-state index in [0.29, 0.717) is 48.8 Å². The summed E-state index contributed by atoms with van der Waals surface area (Å²) < 4.78 is 14.4. The summed E-state index contributed by atoms with van der Waals surface area (Å²) in [5.41, 5.74) is 9.33. The van der Waals surface area contributed by atoms with Gasteiger partial charge in [0.25, 0.3) is 5.56 Å². The largest absolute Gasteiger partial charge is 0.492 e. The van der Waals surface area contributed by atoms with Crippen LogP contribution in [0.1, 0.15) is 55.9 Å². The average Bonchev–Trinajstić information content (AvgIpc) is 3.33. The molecule has 0 saturated carbocycles. The van der Waals surface area contributed by atoms with Gasteiger partial charge < -0.3 is 25.4 Å². The zero-order chi connectivity index (χ0) is 31.4. The summed E-state index contributed by atoms with van der Waals surface area (Å²) in [4.78, 5) is 29.2. The average molecular weight is 594 g/mol. The summed E-state index contributed by atoms with van der Waals surface area (Å²) in [6.07, 6.45) is 1.77. The Balaban J connectivity index is 0.000000428. The molecule has 0 fully saturated rings. The number of aliphatic hydroxyl groups excluding tert-OH is 1. The van der Waals surface area contributed by atoms with E-state index in [2.05, 4.69) is 12.0 Å². The molecular weight excluding hydrogens is 550 g/mol. The van der Waals surface area contributed by atoms with Crippen molar-refractivity contribution in [3.05, 3.63) is 87.6 Å². The van der Waals surface area contributed by atoms with Crippen molar-refractivity contribution in [1.29, 1.82) is 0 Å². The number of aryl methyl sites for hydroxylation is 3. The third-order valence-electron chi connectivity index (χ3n) is 6.89. The predicted octanol–water partition coefficient (Wildman–Crippen LogP) is 3.43. The second kappa shape index (κ2) is 16.5. The van der Waals surface area contributed by atoms with E-state index in [0.717, 1.165) is 29.7 Å². The van der Waals surface area contributed by atoms with Crippen molar-refractivity contribution in [1.82, 2.24) is 19.3 Å². The molecule has 43 heavy (non-hydrogen) atoms. The van der Waals surface area contributed by atoms with Crippen molar-refractivity contribution in [2.75, 3.05) is 19.8 Å². The zero-order valence-electron chi connectivity index (χ0n) is 25.4. The molecule has 0 aliphatic carbocycles. The first kappa shape index (κ1) is 33.4. The molecule has 2 atom stereocenters. The van der Waals surface area contributed by atoms with Crippen LogP contribution in [-0.4, -0.2) is 61.4 Å². The van der Waals surface area contributed by atoms with Gasteiger partial charge in [-0.2, -0.15) is 5.10 Å². The van der Waals surface area contributed by atoms with Gasteiger partial charge in [-0.1, -0.05) is 62.7 Å². The summed E-state index contributed by atoms with van der Waals surface area (Å²) in [6.45, 7) is 6.85. The number of carboxylic acids is 1. The van der Waals surface area contributed by atoms with Gasteiger partial charge in [0.05, 0.1) is 24.9 Å². The summed E-state index contributed by atoms with van der Waals surface area (Å²) in [5, 5.41) is 22.4. The number of carboxylic acid groups (broad SMARTS) is 1. The minimum atomic E-state index is -0.977. The Morgan fingerprint density at radius 2 is 1.77 bits per heavy atom. The highest BCUT2D eigenvalue weighted by Gasteiger charge is 2.19. The van der Waals surface area contributed by atoms with E-state index in [1.165, 1.54) is 0 Å². The van der Waals surface area contributed by atoms with Crippen LogP contribution in [0, 0.1) is 0 Å². The lowest BCUT2D eigenvalue weighted by Crippen LogP contribution is -2.28. The van der Waals surface area contributed by atoms with E-state index in [9.17, 15) is 14.7 Å². The number of nitrogens with two attached hydrogens (primary N) is 1. The Hall–Kier alpha value is -4.06. The fourth-order valence-electron chi connectivity index (χ4n) is 4.68. The number of carbonyl (C=O) groups is 1. The van der Waals surface area contributed by atoms with Gasteiger partial charge in [0.2, 0.25) is 0 Å². The third-order valence-corrected chi connectivity index (χ3v) is 6.89. The molecule has 0 radical (unpaired) electrons. The molecule has 2 aromatic heterocycles. The van der Waals surface area contributed by atoms with E-state index < -0.39 is 12.1 Å². The minimum Gasteiger partial charge on any atom is -0.492 e. The third kappa shape index (κ3) is 8.96. The molecule has 0 spiro atoms. The summed E-state index contributed by atoms with van der Waals surface area (Å²) >= 11 is 0. The van der Waals surface area contributed by atoms with Crippen LogP contribution in [0.25, 0.3) is 11.0 Å². The number of benzene rings is 2. The lowest BCUT2D eigenvalue weighted by atomic mass is 10.1. The number of ether oxygens (including phenoxy) is 2. The summed E-state index contributed by atoms with van der Waals surface area (Å²) in [7, 11) is 1.78. The normalized spacial score (nSPS) is 12.4. The molecule has 2 heterocycles. The monoisotopic (exact) mass is 593 g/mol. The van der Waals surface area contributed by atoms with Crippen molar-refractivity contribution >= 4 is 17.0 Å². The van der Waals surface area contributed by atoms with Crippen molar-refractivity contribution in [2.45, 2.75) is 65.1 Å². The quantitative estimate of drug-likeness (QED) is 0.199. The Kier molecular flexibility index (Phi) is 12.9. The van der Waals surface area contributed by atoms with Crippen molar-refractivity contribution in [2.24, 2.45) is 12.8 Å². The SMILES string of the molecule is CCCc1nn(C)c2c(=O)n(CCOc3ccc(C[C@@H](OCC)C(=O)O)cc3)c(CC)nc12.NC(CO)c1ccccc1. The van der Waals surface area contributed by atoms with Crippen LogP contribution in [0.2, 0.25) is 0 Å². The van der Waals surface area contributed by atoms with Gasteiger partial charge in [0.1, 0.15) is 23.7 Å². The molecule has 0 bridgehead atoms. The molecule has 2 aromatic carbocycles. The maximum Gasteiger partial charge on any atom is 0.333 e. The molecule has 0 saturated heterocycles. The predicted molar refractivity (Wildman–Crippen MR) is 165 cm³/mol. The molecular formula is C32H43N5O6. The Labute approximate surface area is 251 Å². The van der Waals surface area contributed by atoms with Crippen molar-refractivity contribution in [3.63, 3.8) is 0 Å².